The van der Waals surface area contributed by atoms with Crippen molar-refractivity contribution in [2.45, 2.75) is 58.5 Å². The van der Waals surface area contributed by atoms with Gasteiger partial charge < -0.3 is 10.5 Å². The van der Waals surface area contributed by atoms with Crippen LogP contribution < -0.4 is 10.5 Å². The van der Waals surface area contributed by atoms with Crippen LogP contribution in [0.4, 0.5) is 0 Å². The molecule has 4 nitrogen and oxygen atoms in total. The molecule has 0 radical (unpaired) electrons. The lowest BCUT2D eigenvalue weighted by atomic mass is 9.82. The number of fused-ring (bicyclic) bond motifs is 1. The number of nitrogens with one attached hydrogen (secondary N) is 1. The number of ether oxygens (including phenoxy) is 1. The van der Waals surface area contributed by atoms with Crippen LogP contribution in [0.15, 0.2) is 6.07 Å². The fourth-order valence-electron chi connectivity index (χ4n) is 3.86. The molecule has 0 amide bonds. The van der Waals surface area contributed by atoms with Gasteiger partial charge in [0.2, 0.25) is 5.88 Å². The standard InChI is InChI=1S/C17H25N3O/c1-10-6-11(2)8-13(7-10)21-17-14(16(18)19)9-12-4-3-5-15(12)20-17/h9-11,13H,3-8H2,1-2H3,(H3,18,19). The largest absolute Gasteiger partial charge is 0.474 e. The van der Waals surface area contributed by atoms with Crippen LogP contribution in [0.3, 0.4) is 0 Å². The normalized spacial score (nSPS) is 28.2. The molecule has 2 unspecified atom stereocenters. The number of amidine groups is 1. The first-order valence-electron chi connectivity index (χ1n) is 8.06. The van der Waals surface area contributed by atoms with Gasteiger partial charge >= 0.3 is 0 Å². The van der Waals surface area contributed by atoms with Crippen LogP contribution in [0.1, 0.15) is 56.4 Å². The van der Waals surface area contributed by atoms with Crippen LogP contribution in [0, 0.1) is 17.2 Å². The highest BCUT2D eigenvalue weighted by atomic mass is 16.5. The smallest absolute Gasteiger partial charge is 0.225 e. The average Bonchev–Trinajstić information content (AvgIpc) is 2.83. The molecule has 0 saturated heterocycles. The summed E-state index contributed by atoms with van der Waals surface area (Å²) in [5.41, 5.74) is 8.77. The number of nitrogen functional groups attached to an aromatic ring is 1. The second-order valence-corrected chi connectivity index (χ2v) is 6.87. The molecule has 21 heavy (non-hydrogen) atoms. The molecule has 1 heterocycles. The van der Waals surface area contributed by atoms with Gasteiger partial charge in [0.1, 0.15) is 11.9 Å². The molecule has 1 fully saturated rings. The Labute approximate surface area is 126 Å². The van der Waals surface area contributed by atoms with Crippen molar-refractivity contribution in [2.75, 3.05) is 0 Å². The Morgan fingerprint density at radius 2 is 1.95 bits per heavy atom. The molecule has 4 heteroatoms. The lowest BCUT2D eigenvalue weighted by Crippen LogP contribution is -2.30. The molecular weight excluding hydrogens is 262 g/mol. The van der Waals surface area contributed by atoms with E-state index in [1.54, 1.807) is 0 Å². The van der Waals surface area contributed by atoms with Crippen LogP contribution in [0.5, 0.6) is 5.88 Å². The van der Waals surface area contributed by atoms with Gasteiger partial charge in [-0.1, -0.05) is 13.8 Å². The van der Waals surface area contributed by atoms with E-state index in [0.29, 0.717) is 23.3 Å². The third kappa shape index (κ3) is 3.04. The minimum atomic E-state index is 0.0594. The maximum Gasteiger partial charge on any atom is 0.225 e. The summed E-state index contributed by atoms with van der Waals surface area (Å²) in [6.45, 7) is 4.57. The zero-order valence-corrected chi connectivity index (χ0v) is 13.0. The fourth-order valence-corrected chi connectivity index (χ4v) is 3.86. The van der Waals surface area contributed by atoms with E-state index in [2.05, 4.69) is 18.8 Å². The number of hydrogen-bond acceptors (Lipinski definition) is 3. The Bertz CT molecular complexity index is 545. The SMILES string of the molecule is CC1CC(C)CC(Oc2nc3c(cc2C(=N)N)CCC3)C1. The summed E-state index contributed by atoms with van der Waals surface area (Å²) in [7, 11) is 0. The Hall–Kier alpha value is -1.58. The van der Waals surface area contributed by atoms with Crippen molar-refractivity contribution < 1.29 is 4.74 Å². The molecule has 1 aromatic heterocycles. The van der Waals surface area contributed by atoms with E-state index in [0.717, 1.165) is 37.8 Å². The average molecular weight is 287 g/mol. The van der Waals surface area contributed by atoms with Crippen molar-refractivity contribution in [3.63, 3.8) is 0 Å². The van der Waals surface area contributed by atoms with Gasteiger partial charge in [-0.05, 0) is 62.0 Å². The van der Waals surface area contributed by atoms with Crippen molar-refractivity contribution in [1.29, 1.82) is 5.41 Å². The van der Waals surface area contributed by atoms with E-state index in [4.69, 9.17) is 15.9 Å². The number of hydrogen-bond donors (Lipinski definition) is 2. The molecule has 1 saturated carbocycles. The number of aryl methyl sites for hydroxylation is 2. The van der Waals surface area contributed by atoms with Gasteiger partial charge in [-0.25, -0.2) is 4.98 Å². The van der Waals surface area contributed by atoms with E-state index in [1.807, 2.05) is 6.07 Å². The maximum atomic E-state index is 7.79. The zero-order valence-electron chi connectivity index (χ0n) is 13.0. The molecular formula is C17H25N3O. The summed E-state index contributed by atoms with van der Waals surface area (Å²) < 4.78 is 6.18. The predicted octanol–water partition coefficient (Wildman–Crippen LogP) is 3.06. The molecule has 114 valence electrons. The number of aromatic nitrogens is 1. The summed E-state index contributed by atoms with van der Waals surface area (Å²) in [5, 5.41) is 7.79. The van der Waals surface area contributed by atoms with Gasteiger partial charge in [0.25, 0.3) is 0 Å². The van der Waals surface area contributed by atoms with Crippen LogP contribution in [0.25, 0.3) is 0 Å². The Morgan fingerprint density at radius 3 is 2.62 bits per heavy atom. The minimum Gasteiger partial charge on any atom is -0.474 e. The first-order chi connectivity index (χ1) is 10.0. The molecule has 3 rings (SSSR count). The quantitative estimate of drug-likeness (QED) is 0.663. The van der Waals surface area contributed by atoms with E-state index >= 15 is 0 Å². The van der Waals surface area contributed by atoms with Crippen LogP contribution in [0.2, 0.25) is 0 Å². The van der Waals surface area contributed by atoms with Gasteiger partial charge in [-0.15, -0.1) is 0 Å². The van der Waals surface area contributed by atoms with E-state index in [9.17, 15) is 0 Å². The lowest BCUT2D eigenvalue weighted by molar-refractivity contribution is 0.0963. The molecule has 0 spiro atoms. The van der Waals surface area contributed by atoms with Crippen molar-refractivity contribution in [2.24, 2.45) is 17.6 Å². The summed E-state index contributed by atoms with van der Waals surface area (Å²) in [6, 6.07) is 2.02. The monoisotopic (exact) mass is 287 g/mol. The molecule has 1 aromatic rings. The molecule has 2 atom stereocenters. The number of pyridine rings is 1. The Morgan fingerprint density at radius 1 is 1.24 bits per heavy atom. The Balaban J connectivity index is 1.85. The lowest BCUT2D eigenvalue weighted by Gasteiger charge is -2.31. The van der Waals surface area contributed by atoms with Crippen LogP contribution >= 0.6 is 0 Å². The second kappa shape index (κ2) is 5.66. The van der Waals surface area contributed by atoms with Gasteiger partial charge in [-0.2, -0.15) is 0 Å². The highest BCUT2D eigenvalue weighted by Gasteiger charge is 2.27. The molecule has 2 aliphatic carbocycles. The van der Waals surface area contributed by atoms with E-state index in [-0.39, 0.29) is 11.9 Å². The first kappa shape index (κ1) is 14.4. The molecule has 3 N–H and O–H groups in total. The van der Waals surface area contributed by atoms with Crippen molar-refractivity contribution in [3.8, 4) is 5.88 Å². The highest BCUT2D eigenvalue weighted by Crippen LogP contribution is 2.33. The van der Waals surface area contributed by atoms with Gasteiger partial charge in [-0.3, -0.25) is 5.41 Å². The molecule has 2 aliphatic rings. The van der Waals surface area contributed by atoms with E-state index < -0.39 is 0 Å². The van der Waals surface area contributed by atoms with Crippen LogP contribution in [-0.2, 0) is 12.8 Å². The van der Waals surface area contributed by atoms with Crippen molar-refractivity contribution in [1.82, 2.24) is 4.98 Å². The van der Waals surface area contributed by atoms with Gasteiger partial charge in [0.05, 0.1) is 5.56 Å². The highest BCUT2D eigenvalue weighted by molar-refractivity contribution is 5.97. The van der Waals surface area contributed by atoms with Crippen molar-refractivity contribution in [3.05, 3.63) is 22.9 Å². The maximum absolute atomic E-state index is 7.79. The van der Waals surface area contributed by atoms with E-state index in [1.165, 1.54) is 12.0 Å². The second-order valence-electron chi connectivity index (χ2n) is 6.87. The molecule has 0 aromatic carbocycles. The topological polar surface area (TPSA) is 72.0 Å². The Kier molecular flexibility index (Phi) is 3.87. The van der Waals surface area contributed by atoms with Gasteiger partial charge in [0.15, 0.2) is 0 Å². The molecule has 0 bridgehead atoms. The number of nitrogens with zero attached hydrogens (tertiary/aromatic N) is 1. The number of rotatable bonds is 3. The summed E-state index contributed by atoms with van der Waals surface area (Å²) in [5.74, 6) is 2.02. The zero-order chi connectivity index (χ0) is 15.0. The third-order valence-electron chi connectivity index (χ3n) is 4.72. The fraction of sp³-hybridized carbons (Fsp3) is 0.647. The summed E-state index contributed by atoms with van der Waals surface area (Å²) in [6.07, 6.45) is 6.81. The summed E-state index contributed by atoms with van der Waals surface area (Å²) in [4.78, 5) is 4.68. The van der Waals surface area contributed by atoms with Gasteiger partial charge in [0, 0.05) is 5.69 Å². The first-order valence-corrected chi connectivity index (χ1v) is 8.06. The van der Waals surface area contributed by atoms with Crippen molar-refractivity contribution >= 4 is 5.84 Å². The number of nitrogens with two attached hydrogens (primary N) is 1. The van der Waals surface area contributed by atoms with Crippen LogP contribution in [-0.4, -0.2) is 16.9 Å². The molecule has 0 aliphatic heterocycles. The minimum absolute atomic E-state index is 0.0594. The predicted molar refractivity (Wildman–Crippen MR) is 83.9 cm³/mol. The third-order valence-corrected chi connectivity index (χ3v) is 4.72. The summed E-state index contributed by atoms with van der Waals surface area (Å²) >= 11 is 0.